The van der Waals surface area contributed by atoms with Crippen molar-refractivity contribution in [1.29, 1.82) is 0 Å². The summed E-state index contributed by atoms with van der Waals surface area (Å²) in [6, 6.07) is 3.73. The third-order valence-electron chi connectivity index (χ3n) is 3.41. The van der Waals surface area contributed by atoms with Gasteiger partial charge < -0.3 is 20.3 Å². The molecule has 1 aromatic heterocycles. The molecular weight excluding hydrogens is 256 g/mol. The van der Waals surface area contributed by atoms with Gasteiger partial charge in [-0.1, -0.05) is 0 Å². The first-order chi connectivity index (χ1) is 9.49. The van der Waals surface area contributed by atoms with Gasteiger partial charge in [0.2, 0.25) is 0 Å². The quantitative estimate of drug-likeness (QED) is 0.863. The van der Waals surface area contributed by atoms with E-state index in [0.717, 1.165) is 18.8 Å². The zero-order valence-corrected chi connectivity index (χ0v) is 12.2. The van der Waals surface area contributed by atoms with Gasteiger partial charge in [-0.25, -0.2) is 0 Å². The lowest BCUT2D eigenvalue weighted by Gasteiger charge is -2.36. The highest BCUT2D eigenvalue weighted by molar-refractivity contribution is 5.92. The predicted octanol–water partition coefficient (Wildman–Crippen LogP) is 0.336. The van der Waals surface area contributed by atoms with Crippen molar-refractivity contribution in [3.05, 3.63) is 24.0 Å². The highest BCUT2D eigenvalue weighted by Crippen LogP contribution is 2.19. The van der Waals surface area contributed by atoms with Crippen molar-refractivity contribution in [3.8, 4) is 0 Å². The summed E-state index contributed by atoms with van der Waals surface area (Å²) in [7, 11) is 3.44. The molecule has 0 radical (unpaired) electrons. The molecule has 1 aromatic rings. The molecule has 6 nitrogen and oxygen atoms in total. The van der Waals surface area contributed by atoms with Gasteiger partial charge in [-0.15, -0.1) is 0 Å². The first kappa shape index (κ1) is 14.7. The summed E-state index contributed by atoms with van der Waals surface area (Å²) < 4.78 is 5.65. The third kappa shape index (κ3) is 3.26. The van der Waals surface area contributed by atoms with Crippen molar-refractivity contribution in [2.24, 2.45) is 5.73 Å². The summed E-state index contributed by atoms with van der Waals surface area (Å²) in [5, 5.41) is 0. The maximum Gasteiger partial charge on any atom is 0.272 e. The highest BCUT2D eigenvalue weighted by Gasteiger charge is 2.24. The van der Waals surface area contributed by atoms with Crippen LogP contribution in [-0.4, -0.2) is 61.7 Å². The standard InChI is InChI=1S/C14H22N4O2/c1-10(15)13-9-18(6-7-20-13)11-4-5-16-12(8-11)14(19)17(2)3/h4-5,8,10,13H,6-7,9,15H2,1-3H3. The molecule has 2 heterocycles. The van der Waals surface area contributed by atoms with Gasteiger partial charge in [0.05, 0.1) is 12.7 Å². The number of hydrogen-bond donors (Lipinski definition) is 1. The van der Waals surface area contributed by atoms with Gasteiger partial charge in [0.25, 0.3) is 5.91 Å². The van der Waals surface area contributed by atoms with E-state index in [0.29, 0.717) is 12.3 Å². The van der Waals surface area contributed by atoms with E-state index in [1.807, 2.05) is 19.1 Å². The molecule has 2 N–H and O–H groups in total. The zero-order chi connectivity index (χ0) is 14.7. The molecule has 0 aromatic carbocycles. The Bertz CT molecular complexity index is 476. The molecular formula is C14H22N4O2. The van der Waals surface area contributed by atoms with E-state index in [1.54, 1.807) is 20.3 Å². The first-order valence-corrected chi connectivity index (χ1v) is 6.79. The van der Waals surface area contributed by atoms with E-state index < -0.39 is 0 Å². The van der Waals surface area contributed by atoms with E-state index in [-0.39, 0.29) is 18.1 Å². The van der Waals surface area contributed by atoms with Gasteiger partial charge in [0.1, 0.15) is 5.69 Å². The fourth-order valence-electron chi connectivity index (χ4n) is 2.19. The Labute approximate surface area is 119 Å². The molecule has 110 valence electrons. The predicted molar refractivity (Wildman–Crippen MR) is 77.9 cm³/mol. The topological polar surface area (TPSA) is 71.7 Å². The third-order valence-corrected chi connectivity index (χ3v) is 3.41. The number of nitrogens with zero attached hydrogens (tertiary/aromatic N) is 3. The van der Waals surface area contributed by atoms with Crippen molar-refractivity contribution in [2.75, 3.05) is 38.7 Å². The number of nitrogens with two attached hydrogens (primary N) is 1. The summed E-state index contributed by atoms with van der Waals surface area (Å²) in [5.41, 5.74) is 7.34. The number of morpholine rings is 1. The fraction of sp³-hybridized carbons (Fsp3) is 0.571. The van der Waals surface area contributed by atoms with Crippen LogP contribution in [0, 0.1) is 0 Å². The minimum Gasteiger partial charge on any atom is -0.373 e. The smallest absolute Gasteiger partial charge is 0.272 e. The summed E-state index contributed by atoms with van der Waals surface area (Å²) in [4.78, 5) is 19.8. The lowest BCUT2D eigenvalue weighted by atomic mass is 10.1. The number of amides is 1. The molecule has 1 fully saturated rings. The van der Waals surface area contributed by atoms with Gasteiger partial charge in [-0.3, -0.25) is 9.78 Å². The van der Waals surface area contributed by atoms with Crippen LogP contribution in [0.5, 0.6) is 0 Å². The Hall–Kier alpha value is -1.66. The summed E-state index contributed by atoms with van der Waals surface area (Å²) in [5.74, 6) is -0.0937. The lowest BCUT2D eigenvalue weighted by Crippen LogP contribution is -2.49. The van der Waals surface area contributed by atoms with Crippen molar-refractivity contribution in [1.82, 2.24) is 9.88 Å². The molecule has 1 saturated heterocycles. The molecule has 2 rings (SSSR count). The number of aromatic nitrogens is 1. The second-order valence-corrected chi connectivity index (χ2v) is 5.31. The molecule has 1 aliphatic heterocycles. The molecule has 1 amide bonds. The van der Waals surface area contributed by atoms with Crippen LogP contribution in [-0.2, 0) is 4.74 Å². The molecule has 2 atom stereocenters. The summed E-state index contributed by atoms with van der Waals surface area (Å²) >= 11 is 0. The largest absolute Gasteiger partial charge is 0.373 e. The Balaban J connectivity index is 2.16. The number of hydrogen-bond acceptors (Lipinski definition) is 5. The average molecular weight is 278 g/mol. The number of ether oxygens (including phenoxy) is 1. The van der Waals surface area contributed by atoms with Gasteiger partial charge in [-0.2, -0.15) is 0 Å². The molecule has 0 bridgehead atoms. The number of anilines is 1. The van der Waals surface area contributed by atoms with Crippen LogP contribution >= 0.6 is 0 Å². The van der Waals surface area contributed by atoms with E-state index in [9.17, 15) is 4.79 Å². The van der Waals surface area contributed by atoms with Gasteiger partial charge in [0, 0.05) is 45.1 Å². The van der Waals surface area contributed by atoms with E-state index in [4.69, 9.17) is 10.5 Å². The van der Waals surface area contributed by atoms with Crippen LogP contribution in [0.25, 0.3) is 0 Å². The first-order valence-electron chi connectivity index (χ1n) is 6.79. The van der Waals surface area contributed by atoms with Crippen LogP contribution in [0.3, 0.4) is 0 Å². The van der Waals surface area contributed by atoms with E-state index in [1.165, 1.54) is 4.90 Å². The van der Waals surface area contributed by atoms with Gasteiger partial charge in [0.15, 0.2) is 0 Å². The molecule has 1 aliphatic rings. The number of pyridine rings is 1. The average Bonchev–Trinajstić information content (AvgIpc) is 2.46. The molecule has 6 heteroatoms. The lowest BCUT2D eigenvalue weighted by molar-refractivity contribution is 0.0276. The summed E-state index contributed by atoms with van der Waals surface area (Å²) in [6.07, 6.45) is 1.69. The molecule has 20 heavy (non-hydrogen) atoms. The second-order valence-electron chi connectivity index (χ2n) is 5.31. The molecule has 0 spiro atoms. The fourth-order valence-corrected chi connectivity index (χ4v) is 2.19. The zero-order valence-electron chi connectivity index (χ0n) is 12.2. The van der Waals surface area contributed by atoms with Crippen molar-refractivity contribution >= 4 is 11.6 Å². The normalized spacial score (nSPS) is 20.6. The van der Waals surface area contributed by atoms with Crippen molar-refractivity contribution in [3.63, 3.8) is 0 Å². The molecule has 0 aliphatic carbocycles. The van der Waals surface area contributed by atoms with Crippen LogP contribution in [0.1, 0.15) is 17.4 Å². The number of rotatable bonds is 3. The maximum absolute atomic E-state index is 12.0. The Morgan fingerprint density at radius 2 is 2.35 bits per heavy atom. The van der Waals surface area contributed by atoms with E-state index in [2.05, 4.69) is 9.88 Å². The SMILES string of the molecule is CC(N)C1CN(c2ccnc(C(=O)N(C)C)c2)CCO1. The molecule has 2 unspecified atom stereocenters. The summed E-state index contributed by atoms with van der Waals surface area (Å²) in [6.45, 7) is 4.12. The second kappa shape index (κ2) is 6.19. The van der Waals surface area contributed by atoms with Gasteiger partial charge in [-0.05, 0) is 19.1 Å². The molecule has 0 saturated carbocycles. The number of carbonyl (C=O) groups is 1. The van der Waals surface area contributed by atoms with E-state index >= 15 is 0 Å². The van der Waals surface area contributed by atoms with Gasteiger partial charge >= 0.3 is 0 Å². The number of carbonyl (C=O) groups excluding carboxylic acids is 1. The Morgan fingerprint density at radius 1 is 1.60 bits per heavy atom. The van der Waals surface area contributed by atoms with Crippen LogP contribution < -0.4 is 10.6 Å². The Kier molecular flexibility index (Phi) is 4.57. The van der Waals surface area contributed by atoms with Crippen LogP contribution in [0.4, 0.5) is 5.69 Å². The minimum atomic E-state index is -0.0937. The Morgan fingerprint density at radius 3 is 3.00 bits per heavy atom. The monoisotopic (exact) mass is 278 g/mol. The van der Waals surface area contributed by atoms with Crippen LogP contribution in [0.2, 0.25) is 0 Å². The van der Waals surface area contributed by atoms with Crippen LogP contribution in [0.15, 0.2) is 18.3 Å². The highest BCUT2D eigenvalue weighted by atomic mass is 16.5. The maximum atomic E-state index is 12.0. The van der Waals surface area contributed by atoms with Crippen molar-refractivity contribution < 1.29 is 9.53 Å². The van der Waals surface area contributed by atoms with Crippen molar-refractivity contribution in [2.45, 2.75) is 19.1 Å². The minimum absolute atomic E-state index is 0.0116.